The molecular formula is C13H13IN2O2. The minimum Gasteiger partial charge on any atom is -0.491 e. The van der Waals surface area contributed by atoms with E-state index in [0.717, 1.165) is 9.32 Å². The Bertz CT molecular complexity index is 596. The topological polar surface area (TPSA) is 57.2 Å². The molecule has 0 radical (unpaired) electrons. The maximum atomic E-state index is 11.5. The van der Waals surface area contributed by atoms with Gasteiger partial charge in [0.2, 0.25) is 0 Å². The third-order valence-electron chi connectivity index (χ3n) is 2.43. The van der Waals surface area contributed by atoms with Gasteiger partial charge in [-0.15, -0.1) is 0 Å². The van der Waals surface area contributed by atoms with Crippen molar-refractivity contribution < 1.29 is 4.74 Å². The number of nitrogens with zero attached hydrogens (tertiary/aromatic N) is 1. The van der Waals surface area contributed by atoms with E-state index in [-0.39, 0.29) is 5.56 Å². The number of nitrogens with two attached hydrogens (primary N) is 1. The number of anilines is 1. The average Bonchev–Trinajstić information content (AvgIpc) is 2.36. The van der Waals surface area contributed by atoms with Crippen molar-refractivity contribution in [3.8, 4) is 5.75 Å². The van der Waals surface area contributed by atoms with Crippen molar-refractivity contribution in [3.63, 3.8) is 0 Å². The van der Waals surface area contributed by atoms with Crippen LogP contribution >= 0.6 is 22.6 Å². The van der Waals surface area contributed by atoms with Crippen LogP contribution in [0.15, 0.2) is 47.4 Å². The van der Waals surface area contributed by atoms with Gasteiger partial charge in [-0.2, -0.15) is 0 Å². The smallest absolute Gasteiger partial charge is 0.250 e. The van der Waals surface area contributed by atoms with E-state index in [1.54, 1.807) is 16.8 Å². The summed E-state index contributed by atoms with van der Waals surface area (Å²) in [5, 5.41) is 0. The van der Waals surface area contributed by atoms with Crippen LogP contribution in [0.3, 0.4) is 0 Å². The Labute approximate surface area is 119 Å². The van der Waals surface area contributed by atoms with E-state index < -0.39 is 0 Å². The Morgan fingerprint density at radius 2 is 2.00 bits per heavy atom. The molecule has 0 amide bonds. The Kier molecular flexibility index (Phi) is 4.24. The minimum absolute atomic E-state index is 0.0736. The van der Waals surface area contributed by atoms with Crippen molar-refractivity contribution in [1.82, 2.24) is 4.57 Å². The van der Waals surface area contributed by atoms with E-state index in [4.69, 9.17) is 10.5 Å². The summed E-state index contributed by atoms with van der Waals surface area (Å²) >= 11 is 2.21. The monoisotopic (exact) mass is 356 g/mol. The molecule has 0 spiro atoms. The van der Waals surface area contributed by atoms with Crippen LogP contribution in [0.2, 0.25) is 0 Å². The Hall–Kier alpha value is -1.50. The second-order valence-corrected chi connectivity index (χ2v) is 4.94. The first kappa shape index (κ1) is 12.9. The molecule has 1 aromatic carbocycles. The van der Waals surface area contributed by atoms with Gasteiger partial charge in [-0.05, 0) is 40.8 Å². The summed E-state index contributed by atoms with van der Waals surface area (Å²) in [6.07, 6.45) is 1.63. The molecule has 0 aliphatic rings. The number of hydrogen-bond donors (Lipinski definition) is 1. The predicted molar refractivity (Wildman–Crippen MR) is 79.8 cm³/mol. The molecule has 1 aromatic heterocycles. The molecule has 94 valence electrons. The van der Waals surface area contributed by atoms with Gasteiger partial charge in [-0.25, -0.2) is 0 Å². The predicted octanol–water partition coefficient (Wildman–Crippen LogP) is 2.11. The maximum Gasteiger partial charge on any atom is 0.250 e. The molecule has 2 aromatic rings. The van der Waals surface area contributed by atoms with Gasteiger partial charge in [-0.1, -0.05) is 12.1 Å². The lowest BCUT2D eigenvalue weighted by molar-refractivity contribution is 0.294. The molecule has 0 unspecified atom stereocenters. The molecule has 0 saturated carbocycles. The van der Waals surface area contributed by atoms with E-state index in [2.05, 4.69) is 22.6 Å². The number of pyridine rings is 1. The van der Waals surface area contributed by atoms with Gasteiger partial charge in [0.25, 0.3) is 5.56 Å². The summed E-state index contributed by atoms with van der Waals surface area (Å²) in [4.78, 5) is 11.5. The van der Waals surface area contributed by atoms with Crippen LogP contribution in [-0.4, -0.2) is 11.2 Å². The highest BCUT2D eigenvalue weighted by atomic mass is 127. The molecule has 2 rings (SSSR count). The zero-order chi connectivity index (χ0) is 13.0. The quantitative estimate of drug-likeness (QED) is 0.854. The minimum atomic E-state index is -0.0736. The Morgan fingerprint density at radius 1 is 1.22 bits per heavy atom. The lowest BCUT2D eigenvalue weighted by Crippen LogP contribution is -2.22. The number of aromatic nitrogens is 1. The van der Waals surface area contributed by atoms with Crippen LogP contribution in [0, 0.1) is 3.57 Å². The molecule has 0 bridgehead atoms. The highest BCUT2D eigenvalue weighted by Crippen LogP contribution is 2.19. The summed E-state index contributed by atoms with van der Waals surface area (Å²) < 4.78 is 8.23. The van der Waals surface area contributed by atoms with Gasteiger partial charge in [0, 0.05) is 18.0 Å². The lowest BCUT2D eigenvalue weighted by atomic mass is 10.3. The number of halogens is 1. The molecule has 5 heteroatoms. The molecule has 0 aliphatic carbocycles. The fourth-order valence-corrected chi connectivity index (χ4v) is 2.08. The number of ether oxygens (including phenoxy) is 1. The molecule has 0 aliphatic heterocycles. The standard InChI is InChI=1S/C13H13IN2O2/c14-11-3-1-2-4-12(11)18-8-7-16-9-10(15)5-6-13(16)17/h1-6,9H,7-8,15H2. The first-order valence-corrected chi connectivity index (χ1v) is 6.58. The Balaban J connectivity index is 1.99. The first-order valence-electron chi connectivity index (χ1n) is 5.50. The third kappa shape index (κ3) is 3.25. The highest BCUT2D eigenvalue weighted by molar-refractivity contribution is 14.1. The van der Waals surface area contributed by atoms with Gasteiger partial charge in [0.05, 0.1) is 10.1 Å². The SMILES string of the molecule is Nc1ccc(=O)n(CCOc2ccccc2I)c1. The van der Waals surface area contributed by atoms with Crippen molar-refractivity contribution in [2.75, 3.05) is 12.3 Å². The number of rotatable bonds is 4. The second kappa shape index (κ2) is 5.90. The van der Waals surface area contributed by atoms with Gasteiger partial charge >= 0.3 is 0 Å². The van der Waals surface area contributed by atoms with Gasteiger partial charge in [0.1, 0.15) is 12.4 Å². The fraction of sp³-hybridized carbons (Fsp3) is 0.154. The Morgan fingerprint density at radius 3 is 2.78 bits per heavy atom. The highest BCUT2D eigenvalue weighted by Gasteiger charge is 2.00. The summed E-state index contributed by atoms with van der Waals surface area (Å²) in [6, 6.07) is 10.8. The van der Waals surface area contributed by atoms with Crippen molar-refractivity contribution in [3.05, 3.63) is 56.5 Å². The molecule has 4 nitrogen and oxygen atoms in total. The largest absolute Gasteiger partial charge is 0.491 e. The van der Waals surface area contributed by atoms with Crippen molar-refractivity contribution in [1.29, 1.82) is 0 Å². The van der Waals surface area contributed by atoms with Gasteiger partial charge in [-0.3, -0.25) is 4.79 Å². The van der Waals surface area contributed by atoms with Crippen LogP contribution in [0.1, 0.15) is 0 Å². The van der Waals surface area contributed by atoms with Crippen LogP contribution in [-0.2, 0) is 6.54 Å². The van der Waals surface area contributed by atoms with Crippen molar-refractivity contribution in [2.45, 2.75) is 6.54 Å². The third-order valence-corrected chi connectivity index (χ3v) is 3.32. The number of nitrogen functional groups attached to an aromatic ring is 1. The van der Waals surface area contributed by atoms with Crippen LogP contribution in [0.25, 0.3) is 0 Å². The van der Waals surface area contributed by atoms with Crippen LogP contribution in [0.5, 0.6) is 5.75 Å². The fourth-order valence-electron chi connectivity index (χ4n) is 1.54. The summed E-state index contributed by atoms with van der Waals surface area (Å²) in [7, 11) is 0. The van der Waals surface area contributed by atoms with E-state index in [1.165, 1.54) is 6.07 Å². The number of para-hydroxylation sites is 1. The average molecular weight is 356 g/mol. The van der Waals surface area contributed by atoms with Crippen LogP contribution in [0.4, 0.5) is 5.69 Å². The molecule has 1 heterocycles. The number of benzene rings is 1. The number of hydrogen-bond acceptors (Lipinski definition) is 3. The van der Waals surface area contributed by atoms with Crippen molar-refractivity contribution >= 4 is 28.3 Å². The zero-order valence-corrected chi connectivity index (χ0v) is 11.8. The summed E-state index contributed by atoms with van der Waals surface area (Å²) in [5.41, 5.74) is 6.13. The second-order valence-electron chi connectivity index (χ2n) is 3.77. The molecule has 0 saturated heterocycles. The molecule has 18 heavy (non-hydrogen) atoms. The van der Waals surface area contributed by atoms with E-state index in [0.29, 0.717) is 18.8 Å². The normalized spacial score (nSPS) is 10.3. The molecule has 0 atom stereocenters. The molecular weight excluding hydrogens is 343 g/mol. The first-order chi connectivity index (χ1) is 8.66. The summed E-state index contributed by atoms with van der Waals surface area (Å²) in [5.74, 6) is 0.829. The van der Waals surface area contributed by atoms with E-state index >= 15 is 0 Å². The van der Waals surface area contributed by atoms with Crippen LogP contribution < -0.4 is 16.0 Å². The van der Waals surface area contributed by atoms with E-state index in [9.17, 15) is 4.79 Å². The molecule has 2 N–H and O–H groups in total. The van der Waals surface area contributed by atoms with E-state index in [1.807, 2.05) is 24.3 Å². The lowest BCUT2D eigenvalue weighted by Gasteiger charge is -2.09. The summed E-state index contributed by atoms with van der Waals surface area (Å²) in [6.45, 7) is 0.915. The zero-order valence-electron chi connectivity index (χ0n) is 9.67. The maximum absolute atomic E-state index is 11.5. The molecule has 0 fully saturated rings. The van der Waals surface area contributed by atoms with Crippen molar-refractivity contribution in [2.24, 2.45) is 0 Å². The van der Waals surface area contributed by atoms with Gasteiger partial charge < -0.3 is 15.0 Å². The van der Waals surface area contributed by atoms with Gasteiger partial charge in [0.15, 0.2) is 0 Å².